The van der Waals surface area contributed by atoms with Crippen LogP contribution in [0.5, 0.6) is 0 Å². The Labute approximate surface area is 185 Å². The van der Waals surface area contributed by atoms with E-state index < -0.39 is 6.04 Å². The number of benzene rings is 1. The normalized spacial score (nSPS) is 21.7. The first kappa shape index (κ1) is 23.7. The van der Waals surface area contributed by atoms with Gasteiger partial charge in [-0.15, -0.1) is 0 Å². The molecule has 2 amide bonds. The van der Waals surface area contributed by atoms with Crippen molar-refractivity contribution < 1.29 is 19.1 Å². The number of likely N-dealkylation sites (tertiary alicyclic amines) is 1. The van der Waals surface area contributed by atoms with Crippen LogP contribution >= 0.6 is 0 Å². The molecule has 31 heavy (non-hydrogen) atoms. The summed E-state index contributed by atoms with van der Waals surface area (Å²) in [5, 5.41) is 3.28. The number of methoxy groups -OCH3 is 2. The van der Waals surface area contributed by atoms with Crippen LogP contribution in [0.1, 0.15) is 17.5 Å². The fraction of sp³-hybridized carbons (Fsp3) is 0.652. The summed E-state index contributed by atoms with van der Waals surface area (Å²) in [5.41, 5.74) is 2.49. The molecule has 2 saturated heterocycles. The van der Waals surface area contributed by atoms with Crippen LogP contribution in [0.4, 0.5) is 0 Å². The molecular formula is C23H36N4O4. The number of hydrogen-bond donors (Lipinski definition) is 1. The minimum absolute atomic E-state index is 0.00603. The van der Waals surface area contributed by atoms with E-state index >= 15 is 0 Å². The summed E-state index contributed by atoms with van der Waals surface area (Å²) in [6, 6.07) is 8.00. The number of nitrogens with one attached hydrogen (secondary N) is 1. The first-order chi connectivity index (χ1) is 15.0. The number of aryl methyl sites for hydroxylation is 1. The van der Waals surface area contributed by atoms with Crippen LogP contribution in [-0.4, -0.2) is 105 Å². The first-order valence-corrected chi connectivity index (χ1v) is 11.1. The Morgan fingerprint density at radius 3 is 2.58 bits per heavy atom. The molecule has 172 valence electrons. The van der Waals surface area contributed by atoms with E-state index in [2.05, 4.69) is 35.3 Å². The van der Waals surface area contributed by atoms with E-state index in [9.17, 15) is 9.59 Å². The molecule has 2 aliphatic rings. The molecule has 2 atom stereocenters. The van der Waals surface area contributed by atoms with E-state index in [1.165, 1.54) is 18.2 Å². The van der Waals surface area contributed by atoms with E-state index in [0.29, 0.717) is 32.7 Å². The molecule has 2 heterocycles. The van der Waals surface area contributed by atoms with Crippen LogP contribution < -0.4 is 5.32 Å². The zero-order valence-corrected chi connectivity index (χ0v) is 19.0. The number of carbonyl (C=O) groups is 2. The van der Waals surface area contributed by atoms with Crippen molar-refractivity contribution in [2.45, 2.75) is 32.0 Å². The average Bonchev–Trinajstić information content (AvgIpc) is 3.23. The van der Waals surface area contributed by atoms with Gasteiger partial charge in [0, 0.05) is 66.1 Å². The standard InChI is InChI=1S/C23H36N4O4/c1-18-6-4-5-7-19(18)15-26(12-13-30-2)20-14-21(27(16-20)22(28)17-31-3)23(29)25-10-8-24-9-11-25/h4-7,20-21,24H,8-17H2,1-3H3. The largest absolute Gasteiger partial charge is 0.383 e. The fourth-order valence-corrected chi connectivity index (χ4v) is 4.50. The van der Waals surface area contributed by atoms with Gasteiger partial charge in [-0.1, -0.05) is 24.3 Å². The number of hydrogen-bond acceptors (Lipinski definition) is 6. The molecule has 3 rings (SSSR count). The molecule has 1 aromatic rings. The van der Waals surface area contributed by atoms with Crippen LogP contribution in [-0.2, 0) is 25.6 Å². The van der Waals surface area contributed by atoms with Crippen molar-refractivity contribution in [2.75, 3.05) is 66.7 Å². The van der Waals surface area contributed by atoms with Crippen LogP contribution in [0.25, 0.3) is 0 Å². The van der Waals surface area contributed by atoms with Gasteiger partial charge >= 0.3 is 0 Å². The van der Waals surface area contributed by atoms with E-state index in [0.717, 1.165) is 26.2 Å². The fourth-order valence-electron chi connectivity index (χ4n) is 4.50. The summed E-state index contributed by atoms with van der Waals surface area (Å²) in [5.74, 6) is -0.0721. The summed E-state index contributed by atoms with van der Waals surface area (Å²) < 4.78 is 10.5. The lowest BCUT2D eigenvalue weighted by Crippen LogP contribution is -2.53. The van der Waals surface area contributed by atoms with Crippen molar-refractivity contribution in [2.24, 2.45) is 0 Å². The summed E-state index contributed by atoms with van der Waals surface area (Å²) in [6.07, 6.45) is 0.633. The van der Waals surface area contributed by atoms with Gasteiger partial charge < -0.3 is 24.6 Å². The van der Waals surface area contributed by atoms with Gasteiger partial charge in [-0.05, 0) is 24.5 Å². The van der Waals surface area contributed by atoms with Crippen LogP contribution in [0, 0.1) is 6.92 Å². The number of ether oxygens (including phenoxy) is 2. The van der Waals surface area contributed by atoms with Crippen molar-refractivity contribution in [3.8, 4) is 0 Å². The second-order valence-corrected chi connectivity index (χ2v) is 8.35. The highest BCUT2D eigenvalue weighted by Gasteiger charge is 2.43. The van der Waals surface area contributed by atoms with Crippen molar-refractivity contribution >= 4 is 11.8 Å². The number of nitrogens with zero attached hydrogens (tertiary/aromatic N) is 3. The Hall–Kier alpha value is -2.00. The number of rotatable bonds is 9. The number of piperazine rings is 1. The maximum Gasteiger partial charge on any atom is 0.249 e. The van der Waals surface area contributed by atoms with Gasteiger partial charge in [0.2, 0.25) is 11.8 Å². The lowest BCUT2D eigenvalue weighted by Gasteiger charge is -2.32. The molecule has 1 aromatic carbocycles. The molecule has 0 radical (unpaired) electrons. The van der Waals surface area contributed by atoms with Gasteiger partial charge in [-0.3, -0.25) is 14.5 Å². The molecule has 0 aromatic heterocycles. The van der Waals surface area contributed by atoms with E-state index in [1.54, 1.807) is 12.0 Å². The minimum atomic E-state index is -0.437. The average molecular weight is 433 g/mol. The second-order valence-electron chi connectivity index (χ2n) is 8.35. The molecule has 2 fully saturated rings. The van der Waals surface area contributed by atoms with Crippen molar-refractivity contribution in [3.63, 3.8) is 0 Å². The Bertz CT molecular complexity index is 738. The third-order valence-electron chi connectivity index (χ3n) is 6.31. The predicted molar refractivity (Wildman–Crippen MR) is 119 cm³/mol. The van der Waals surface area contributed by atoms with E-state index in [1.807, 2.05) is 11.0 Å². The van der Waals surface area contributed by atoms with Gasteiger partial charge in [-0.2, -0.15) is 0 Å². The molecule has 0 spiro atoms. The molecule has 1 N–H and O–H groups in total. The summed E-state index contributed by atoms with van der Waals surface area (Å²) in [4.78, 5) is 32.1. The van der Waals surface area contributed by atoms with Gasteiger partial charge in [-0.25, -0.2) is 0 Å². The van der Waals surface area contributed by atoms with Gasteiger partial charge in [0.25, 0.3) is 0 Å². The van der Waals surface area contributed by atoms with Gasteiger partial charge in [0.05, 0.1) is 6.61 Å². The van der Waals surface area contributed by atoms with Crippen molar-refractivity contribution in [3.05, 3.63) is 35.4 Å². The Kier molecular flexibility index (Phi) is 8.83. The number of amides is 2. The first-order valence-electron chi connectivity index (χ1n) is 11.1. The monoisotopic (exact) mass is 432 g/mol. The molecule has 2 unspecified atom stereocenters. The summed E-state index contributed by atoms with van der Waals surface area (Å²) in [7, 11) is 3.22. The lowest BCUT2D eigenvalue weighted by molar-refractivity contribution is -0.146. The lowest BCUT2D eigenvalue weighted by atomic mass is 10.1. The molecule has 8 nitrogen and oxygen atoms in total. The molecular weight excluding hydrogens is 396 g/mol. The van der Waals surface area contributed by atoms with Crippen LogP contribution in [0.2, 0.25) is 0 Å². The van der Waals surface area contributed by atoms with Crippen molar-refractivity contribution in [1.82, 2.24) is 20.0 Å². The maximum atomic E-state index is 13.3. The quantitative estimate of drug-likeness (QED) is 0.612. The molecule has 8 heteroatoms. The SMILES string of the molecule is COCCN(Cc1ccccc1C)C1CC(C(=O)N2CCNCC2)N(C(=O)COC)C1. The van der Waals surface area contributed by atoms with Crippen LogP contribution in [0.3, 0.4) is 0 Å². The zero-order chi connectivity index (χ0) is 22.2. The Balaban J connectivity index is 1.79. The molecule has 0 bridgehead atoms. The van der Waals surface area contributed by atoms with E-state index in [-0.39, 0.29) is 24.5 Å². The number of carbonyl (C=O) groups excluding carboxylic acids is 2. The second kappa shape index (κ2) is 11.6. The highest BCUT2D eigenvalue weighted by Crippen LogP contribution is 2.26. The zero-order valence-electron chi connectivity index (χ0n) is 19.0. The third kappa shape index (κ3) is 6.04. The topological polar surface area (TPSA) is 74.4 Å². The smallest absolute Gasteiger partial charge is 0.249 e. The molecule has 0 aliphatic carbocycles. The van der Waals surface area contributed by atoms with Crippen LogP contribution in [0.15, 0.2) is 24.3 Å². The Morgan fingerprint density at radius 1 is 1.16 bits per heavy atom. The van der Waals surface area contributed by atoms with Gasteiger partial charge in [0.1, 0.15) is 12.6 Å². The van der Waals surface area contributed by atoms with E-state index in [4.69, 9.17) is 9.47 Å². The molecule has 2 aliphatic heterocycles. The minimum Gasteiger partial charge on any atom is -0.383 e. The highest BCUT2D eigenvalue weighted by molar-refractivity contribution is 5.89. The highest BCUT2D eigenvalue weighted by atomic mass is 16.5. The Morgan fingerprint density at radius 2 is 1.90 bits per heavy atom. The third-order valence-corrected chi connectivity index (χ3v) is 6.31. The summed E-state index contributed by atoms with van der Waals surface area (Å²) >= 11 is 0. The maximum absolute atomic E-state index is 13.3. The van der Waals surface area contributed by atoms with Crippen molar-refractivity contribution in [1.29, 1.82) is 0 Å². The molecule has 0 saturated carbocycles. The summed E-state index contributed by atoms with van der Waals surface area (Å²) in [6.45, 7) is 7.70. The van der Waals surface area contributed by atoms with Gasteiger partial charge in [0.15, 0.2) is 0 Å². The predicted octanol–water partition coefficient (Wildman–Crippen LogP) is 0.491.